The van der Waals surface area contributed by atoms with Crippen molar-refractivity contribution in [1.82, 2.24) is 19.5 Å². The second kappa shape index (κ2) is 8.44. The predicted molar refractivity (Wildman–Crippen MR) is 112 cm³/mol. The van der Waals surface area contributed by atoms with Gasteiger partial charge >= 0.3 is 5.97 Å². The van der Waals surface area contributed by atoms with E-state index in [9.17, 15) is 9.59 Å². The molecule has 4 rings (SSSR count). The first-order valence-corrected chi connectivity index (χ1v) is 10.4. The fourth-order valence-electron chi connectivity index (χ4n) is 4.16. The highest BCUT2D eigenvalue weighted by Gasteiger charge is 2.45. The van der Waals surface area contributed by atoms with Crippen molar-refractivity contribution in [3.05, 3.63) is 65.1 Å². The van der Waals surface area contributed by atoms with Gasteiger partial charge in [0.2, 0.25) is 0 Å². The summed E-state index contributed by atoms with van der Waals surface area (Å²) in [6.07, 6.45) is 6.72. The van der Waals surface area contributed by atoms with Crippen molar-refractivity contribution < 1.29 is 14.3 Å². The Labute approximate surface area is 179 Å². The molecule has 3 aromatic rings. The smallest absolute Gasteiger partial charge is 0.314 e. The van der Waals surface area contributed by atoms with E-state index >= 15 is 0 Å². The van der Waals surface area contributed by atoms with Crippen LogP contribution < -0.4 is 0 Å². The van der Waals surface area contributed by atoms with Crippen molar-refractivity contribution in [3.63, 3.8) is 0 Å². The van der Waals surface area contributed by atoms with E-state index in [-0.39, 0.29) is 18.4 Å². The highest BCUT2D eigenvalue weighted by Crippen LogP contribution is 2.36. The third-order valence-electron chi connectivity index (χ3n) is 5.51. The molecule has 1 aliphatic rings. The maximum Gasteiger partial charge on any atom is 0.314 e. The lowest BCUT2D eigenvalue weighted by atomic mass is 9.75. The lowest BCUT2D eigenvalue weighted by Crippen LogP contribution is -2.51. The third-order valence-corrected chi connectivity index (χ3v) is 5.75. The molecule has 0 spiro atoms. The number of fused-ring (bicyclic) bond motifs is 1. The molecule has 1 atom stereocenters. The molecular formula is C22H23ClN4O3. The van der Waals surface area contributed by atoms with Gasteiger partial charge < -0.3 is 9.64 Å². The molecule has 1 fully saturated rings. The van der Waals surface area contributed by atoms with E-state index in [0.717, 1.165) is 5.56 Å². The topological polar surface area (TPSA) is 76.8 Å². The van der Waals surface area contributed by atoms with E-state index in [4.69, 9.17) is 16.3 Å². The van der Waals surface area contributed by atoms with E-state index in [1.54, 1.807) is 40.9 Å². The van der Waals surface area contributed by atoms with Crippen LogP contribution in [0.4, 0.5) is 0 Å². The number of likely N-dealkylation sites (tertiary alicyclic amines) is 1. The van der Waals surface area contributed by atoms with Gasteiger partial charge in [-0.25, -0.2) is 9.50 Å². The second-order valence-electron chi connectivity index (χ2n) is 7.58. The average molecular weight is 427 g/mol. The van der Waals surface area contributed by atoms with Gasteiger partial charge in [0.15, 0.2) is 5.65 Å². The minimum Gasteiger partial charge on any atom is -0.466 e. The molecule has 156 valence electrons. The number of nitrogens with zero attached hydrogens (tertiary/aromatic N) is 4. The molecule has 0 N–H and O–H groups in total. The largest absolute Gasteiger partial charge is 0.466 e. The number of piperidine rings is 1. The van der Waals surface area contributed by atoms with Crippen LogP contribution in [-0.2, 0) is 16.0 Å². The third kappa shape index (κ3) is 3.89. The highest BCUT2D eigenvalue weighted by atomic mass is 35.5. The normalized spacial score (nSPS) is 19.1. The fraction of sp³-hybridized carbons (Fsp3) is 0.364. The minimum absolute atomic E-state index is 0.178. The summed E-state index contributed by atoms with van der Waals surface area (Å²) in [7, 11) is 0. The molecule has 1 aliphatic heterocycles. The van der Waals surface area contributed by atoms with Crippen molar-refractivity contribution in [2.75, 3.05) is 19.7 Å². The number of esters is 1. The first-order valence-electron chi connectivity index (χ1n) is 10.0. The van der Waals surface area contributed by atoms with Gasteiger partial charge in [-0.2, -0.15) is 5.10 Å². The Balaban J connectivity index is 1.64. The Morgan fingerprint density at radius 3 is 2.97 bits per heavy atom. The molecule has 0 bridgehead atoms. The number of carbonyl (C=O) groups excluding carboxylic acids is 2. The van der Waals surface area contributed by atoms with E-state index in [1.165, 1.54) is 6.20 Å². The van der Waals surface area contributed by atoms with Gasteiger partial charge in [-0.05, 0) is 49.9 Å². The monoisotopic (exact) mass is 426 g/mol. The number of amides is 1. The Hall–Kier alpha value is -2.93. The van der Waals surface area contributed by atoms with Crippen LogP contribution in [0.5, 0.6) is 0 Å². The molecule has 8 heteroatoms. The van der Waals surface area contributed by atoms with E-state index in [0.29, 0.717) is 48.6 Å². The maximum absolute atomic E-state index is 13.3. The van der Waals surface area contributed by atoms with Gasteiger partial charge in [0.1, 0.15) is 5.56 Å². The fourth-order valence-corrected chi connectivity index (χ4v) is 4.37. The van der Waals surface area contributed by atoms with Gasteiger partial charge in [-0.15, -0.1) is 0 Å². The van der Waals surface area contributed by atoms with Gasteiger partial charge in [-0.3, -0.25) is 9.59 Å². The molecule has 1 amide bonds. The van der Waals surface area contributed by atoms with E-state index in [2.05, 4.69) is 10.1 Å². The van der Waals surface area contributed by atoms with Crippen molar-refractivity contribution >= 4 is 29.1 Å². The van der Waals surface area contributed by atoms with E-state index in [1.807, 2.05) is 18.2 Å². The molecule has 3 heterocycles. The predicted octanol–water partition coefficient (Wildman–Crippen LogP) is 3.41. The molecule has 0 aliphatic carbocycles. The summed E-state index contributed by atoms with van der Waals surface area (Å²) in [6, 6.07) is 9.23. The summed E-state index contributed by atoms with van der Waals surface area (Å²) >= 11 is 6.15. The summed E-state index contributed by atoms with van der Waals surface area (Å²) in [6.45, 7) is 2.94. The summed E-state index contributed by atoms with van der Waals surface area (Å²) in [5, 5.41) is 4.83. The minimum atomic E-state index is -0.814. The Kier molecular flexibility index (Phi) is 5.72. The summed E-state index contributed by atoms with van der Waals surface area (Å²) in [5.74, 6) is -0.455. The number of hydrogen-bond donors (Lipinski definition) is 0. The molecule has 7 nitrogen and oxygen atoms in total. The van der Waals surface area contributed by atoms with Crippen molar-refractivity contribution in [2.45, 2.75) is 26.2 Å². The zero-order valence-electron chi connectivity index (χ0n) is 16.8. The maximum atomic E-state index is 13.3. The highest BCUT2D eigenvalue weighted by molar-refractivity contribution is 6.30. The van der Waals surface area contributed by atoms with Crippen molar-refractivity contribution in [1.29, 1.82) is 0 Å². The first-order chi connectivity index (χ1) is 14.5. The number of benzene rings is 1. The molecule has 2 aromatic heterocycles. The van der Waals surface area contributed by atoms with Crippen molar-refractivity contribution in [3.8, 4) is 0 Å². The van der Waals surface area contributed by atoms with Crippen molar-refractivity contribution in [2.24, 2.45) is 5.41 Å². The molecule has 0 radical (unpaired) electrons. The van der Waals surface area contributed by atoms with Gasteiger partial charge in [0, 0.05) is 30.5 Å². The van der Waals surface area contributed by atoms with Crippen LogP contribution in [0.15, 0.2) is 48.9 Å². The van der Waals surface area contributed by atoms with Gasteiger partial charge in [0.05, 0.1) is 18.2 Å². The zero-order valence-corrected chi connectivity index (χ0v) is 17.5. The summed E-state index contributed by atoms with van der Waals surface area (Å²) in [4.78, 5) is 32.4. The lowest BCUT2D eigenvalue weighted by molar-refractivity contribution is -0.158. The average Bonchev–Trinajstić information content (AvgIpc) is 3.18. The molecule has 30 heavy (non-hydrogen) atoms. The van der Waals surface area contributed by atoms with Crippen LogP contribution >= 0.6 is 11.6 Å². The Morgan fingerprint density at radius 2 is 2.17 bits per heavy atom. The van der Waals surface area contributed by atoms with Gasteiger partial charge in [0.25, 0.3) is 5.91 Å². The first kappa shape index (κ1) is 20.3. The quantitative estimate of drug-likeness (QED) is 0.584. The lowest BCUT2D eigenvalue weighted by Gasteiger charge is -2.41. The summed E-state index contributed by atoms with van der Waals surface area (Å²) in [5.41, 5.74) is 1.07. The molecule has 1 aromatic carbocycles. The van der Waals surface area contributed by atoms with E-state index < -0.39 is 5.41 Å². The van der Waals surface area contributed by atoms with Crippen LogP contribution in [0.1, 0.15) is 35.7 Å². The zero-order chi connectivity index (χ0) is 21.1. The second-order valence-corrected chi connectivity index (χ2v) is 8.02. The molecule has 1 saturated heterocycles. The number of ether oxygens (including phenoxy) is 1. The number of carbonyl (C=O) groups is 2. The molecular weight excluding hydrogens is 404 g/mol. The number of aromatic nitrogens is 3. The van der Waals surface area contributed by atoms with Gasteiger partial charge in [-0.1, -0.05) is 23.7 Å². The van der Waals surface area contributed by atoms with Crippen LogP contribution in [0.3, 0.4) is 0 Å². The van der Waals surface area contributed by atoms with Crippen LogP contribution in [0.25, 0.3) is 5.65 Å². The molecule has 0 unspecified atom stereocenters. The van der Waals surface area contributed by atoms with Crippen LogP contribution in [-0.4, -0.2) is 51.1 Å². The number of hydrogen-bond acceptors (Lipinski definition) is 5. The summed E-state index contributed by atoms with van der Waals surface area (Å²) < 4.78 is 7.01. The molecule has 0 saturated carbocycles. The number of rotatable bonds is 5. The van der Waals surface area contributed by atoms with Crippen LogP contribution in [0.2, 0.25) is 5.02 Å². The Morgan fingerprint density at radius 1 is 1.30 bits per heavy atom. The SMILES string of the molecule is CCOC(=O)[C@]1(Cc2cccc(Cl)c2)CCCN(C(=O)c2cnn3cccnc23)C1. The standard InChI is InChI=1S/C22H23ClN4O3/c1-2-30-21(29)22(13-16-6-3-7-17(23)12-16)8-4-10-26(15-22)20(28)18-14-25-27-11-5-9-24-19(18)27/h3,5-7,9,11-12,14H,2,4,8,10,13,15H2,1H3/t22-/m0/s1. The Bertz CT molecular complexity index is 1080. The number of halogens is 1. The van der Waals surface area contributed by atoms with Crippen LogP contribution in [0, 0.1) is 5.41 Å².